The van der Waals surface area contributed by atoms with Crippen molar-refractivity contribution >= 4 is 38.1 Å². The van der Waals surface area contributed by atoms with Crippen LogP contribution < -0.4 is 5.32 Å². The van der Waals surface area contributed by atoms with Gasteiger partial charge in [-0.15, -0.1) is 21.5 Å². The van der Waals surface area contributed by atoms with Gasteiger partial charge in [0.25, 0.3) is 0 Å². The number of nitrogens with zero attached hydrogens (tertiary/aromatic N) is 5. The van der Waals surface area contributed by atoms with Crippen LogP contribution in [0.25, 0.3) is 32.4 Å². The van der Waals surface area contributed by atoms with Gasteiger partial charge in [-0.1, -0.05) is 12.1 Å². The molecular formula is C18H19N7S. The van der Waals surface area contributed by atoms with Crippen LogP contribution in [-0.4, -0.2) is 56.7 Å². The molecule has 0 radical (unpaired) electrons. The Kier molecular flexibility index (Phi) is 3.79. The van der Waals surface area contributed by atoms with E-state index in [1.54, 1.807) is 11.3 Å². The standard InChI is InChI=1S/C18H19N7S/c1-25-7-4-12(5-8-25)19-18-14-6-9-26-16(14)13-3-2-11(10-15(13)20-18)17-21-23-24-22-17/h2-3,6,9-10,12H,4-5,7-8H2,1H3,(H,19,20)(H,21,22,23,24). The highest BCUT2D eigenvalue weighted by Gasteiger charge is 2.19. The normalized spacial score (nSPS) is 16.5. The lowest BCUT2D eigenvalue weighted by atomic mass is 10.0. The molecular weight excluding hydrogens is 346 g/mol. The maximum absolute atomic E-state index is 4.96. The lowest BCUT2D eigenvalue weighted by Gasteiger charge is -2.30. The zero-order chi connectivity index (χ0) is 17.5. The Morgan fingerprint density at radius 1 is 1.19 bits per heavy atom. The lowest BCUT2D eigenvalue weighted by molar-refractivity contribution is 0.264. The fourth-order valence-electron chi connectivity index (χ4n) is 3.58. The van der Waals surface area contributed by atoms with Crippen molar-refractivity contribution in [1.29, 1.82) is 0 Å². The number of tetrazole rings is 1. The first-order valence-electron chi connectivity index (χ1n) is 8.78. The second kappa shape index (κ2) is 6.30. The van der Waals surface area contributed by atoms with E-state index in [1.807, 2.05) is 12.1 Å². The molecule has 4 heterocycles. The van der Waals surface area contributed by atoms with Gasteiger partial charge in [-0.05, 0) is 55.7 Å². The number of pyridine rings is 1. The number of likely N-dealkylation sites (tertiary alicyclic amines) is 1. The second-order valence-corrected chi connectivity index (χ2v) is 7.73. The van der Waals surface area contributed by atoms with Crippen LogP contribution in [0.1, 0.15) is 12.8 Å². The summed E-state index contributed by atoms with van der Waals surface area (Å²) in [6, 6.07) is 8.81. The Bertz CT molecular complexity index is 1050. The minimum atomic E-state index is 0.472. The summed E-state index contributed by atoms with van der Waals surface area (Å²) in [5, 5.41) is 22.5. The summed E-state index contributed by atoms with van der Waals surface area (Å²) in [7, 11) is 2.18. The number of hydrogen-bond donors (Lipinski definition) is 2. The average Bonchev–Trinajstić information content (AvgIpc) is 3.35. The number of nitrogens with one attached hydrogen (secondary N) is 2. The molecule has 0 saturated carbocycles. The molecule has 1 aliphatic rings. The van der Waals surface area contributed by atoms with Gasteiger partial charge in [0.15, 0.2) is 0 Å². The number of rotatable bonds is 3. The van der Waals surface area contributed by atoms with E-state index in [0.29, 0.717) is 11.9 Å². The monoisotopic (exact) mass is 365 g/mol. The van der Waals surface area contributed by atoms with Gasteiger partial charge in [0.2, 0.25) is 5.82 Å². The molecule has 1 aliphatic heterocycles. The van der Waals surface area contributed by atoms with Gasteiger partial charge < -0.3 is 10.2 Å². The number of fused-ring (bicyclic) bond motifs is 3. The number of aromatic amines is 1. The molecule has 0 spiro atoms. The van der Waals surface area contributed by atoms with Gasteiger partial charge in [0.05, 0.1) is 5.52 Å². The average molecular weight is 365 g/mol. The maximum atomic E-state index is 4.96. The summed E-state index contributed by atoms with van der Waals surface area (Å²) in [5.74, 6) is 1.57. The zero-order valence-corrected chi connectivity index (χ0v) is 15.3. The van der Waals surface area contributed by atoms with Crippen molar-refractivity contribution in [2.24, 2.45) is 0 Å². The largest absolute Gasteiger partial charge is 0.367 e. The van der Waals surface area contributed by atoms with Crippen molar-refractivity contribution in [3.63, 3.8) is 0 Å². The Morgan fingerprint density at radius 2 is 2.08 bits per heavy atom. The molecule has 26 heavy (non-hydrogen) atoms. The molecule has 132 valence electrons. The topological polar surface area (TPSA) is 82.6 Å². The molecule has 7 nitrogen and oxygen atoms in total. The van der Waals surface area contributed by atoms with Crippen LogP contribution in [0.4, 0.5) is 5.82 Å². The molecule has 0 aliphatic carbocycles. The van der Waals surface area contributed by atoms with Crippen molar-refractivity contribution in [2.45, 2.75) is 18.9 Å². The Labute approximate surface area is 154 Å². The molecule has 5 rings (SSSR count). The predicted octanol–water partition coefficient (Wildman–Crippen LogP) is 3.14. The van der Waals surface area contributed by atoms with Crippen molar-refractivity contribution < 1.29 is 0 Å². The van der Waals surface area contributed by atoms with Gasteiger partial charge in [-0.25, -0.2) is 4.98 Å². The van der Waals surface area contributed by atoms with E-state index in [1.165, 1.54) is 10.1 Å². The first-order valence-corrected chi connectivity index (χ1v) is 9.66. The third-order valence-corrected chi connectivity index (χ3v) is 6.01. The van der Waals surface area contributed by atoms with E-state index < -0.39 is 0 Å². The van der Waals surface area contributed by atoms with E-state index in [2.05, 4.69) is 55.4 Å². The van der Waals surface area contributed by atoms with Crippen LogP contribution in [0, 0.1) is 0 Å². The molecule has 3 aromatic heterocycles. The highest BCUT2D eigenvalue weighted by Crippen LogP contribution is 2.35. The molecule has 8 heteroatoms. The highest BCUT2D eigenvalue weighted by molar-refractivity contribution is 7.18. The summed E-state index contributed by atoms with van der Waals surface area (Å²) in [5.41, 5.74) is 1.87. The fraction of sp³-hybridized carbons (Fsp3) is 0.333. The summed E-state index contributed by atoms with van der Waals surface area (Å²) in [6.07, 6.45) is 2.29. The minimum absolute atomic E-state index is 0.472. The van der Waals surface area contributed by atoms with Crippen LogP contribution in [0.3, 0.4) is 0 Å². The van der Waals surface area contributed by atoms with Crippen molar-refractivity contribution in [1.82, 2.24) is 30.5 Å². The number of piperidine rings is 1. The quantitative estimate of drug-likeness (QED) is 0.580. The lowest BCUT2D eigenvalue weighted by Crippen LogP contribution is -2.36. The van der Waals surface area contributed by atoms with Gasteiger partial charge >= 0.3 is 0 Å². The summed E-state index contributed by atoms with van der Waals surface area (Å²) >= 11 is 1.76. The fourth-order valence-corrected chi connectivity index (χ4v) is 4.51. The van der Waals surface area contributed by atoms with Crippen LogP contribution in [0.2, 0.25) is 0 Å². The smallest absolute Gasteiger partial charge is 0.204 e. The third kappa shape index (κ3) is 2.71. The van der Waals surface area contributed by atoms with Crippen LogP contribution in [0.15, 0.2) is 29.6 Å². The van der Waals surface area contributed by atoms with Crippen molar-refractivity contribution in [3.8, 4) is 11.4 Å². The van der Waals surface area contributed by atoms with E-state index in [9.17, 15) is 0 Å². The minimum Gasteiger partial charge on any atom is -0.367 e. The second-order valence-electron chi connectivity index (χ2n) is 6.81. The maximum Gasteiger partial charge on any atom is 0.204 e. The molecule has 0 bridgehead atoms. The third-order valence-electron chi connectivity index (χ3n) is 5.06. The van der Waals surface area contributed by atoms with Crippen molar-refractivity contribution in [3.05, 3.63) is 29.6 Å². The van der Waals surface area contributed by atoms with E-state index >= 15 is 0 Å². The summed E-state index contributed by atoms with van der Waals surface area (Å²) in [4.78, 5) is 7.33. The number of H-pyrrole nitrogens is 1. The van der Waals surface area contributed by atoms with Gasteiger partial charge in [0, 0.05) is 27.1 Å². The van der Waals surface area contributed by atoms with E-state index in [0.717, 1.165) is 48.2 Å². The Balaban J connectivity index is 1.58. The Morgan fingerprint density at radius 3 is 2.88 bits per heavy atom. The SMILES string of the molecule is CN1CCC(Nc2nc3cc(-c4nn[nH]n4)ccc3c3sccc23)CC1. The van der Waals surface area contributed by atoms with Crippen molar-refractivity contribution in [2.75, 3.05) is 25.5 Å². The zero-order valence-electron chi connectivity index (χ0n) is 14.4. The number of thiophene rings is 1. The highest BCUT2D eigenvalue weighted by atomic mass is 32.1. The number of anilines is 1. The molecule has 4 aromatic rings. The molecule has 0 amide bonds. The molecule has 0 unspecified atom stereocenters. The molecule has 1 fully saturated rings. The summed E-state index contributed by atoms with van der Waals surface area (Å²) < 4.78 is 1.27. The Hall–Kier alpha value is -2.58. The molecule has 0 atom stereocenters. The number of hydrogen-bond acceptors (Lipinski definition) is 7. The number of benzene rings is 1. The van der Waals surface area contributed by atoms with E-state index in [-0.39, 0.29) is 0 Å². The van der Waals surface area contributed by atoms with E-state index in [4.69, 9.17) is 4.98 Å². The predicted molar refractivity (Wildman–Crippen MR) is 104 cm³/mol. The molecule has 1 aromatic carbocycles. The van der Waals surface area contributed by atoms with Crippen LogP contribution in [0.5, 0.6) is 0 Å². The first kappa shape index (κ1) is 15.7. The first-order chi connectivity index (χ1) is 12.8. The van der Waals surface area contributed by atoms with Gasteiger partial charge in [0.1, 0.15) is 5.82 Å². The number of aromatic nitrogens is 5. The molecule has 2 N–H and O–H groups in total. The van der Waals surface area contributed by atoms with Gasteiger partial charge in [-0.3, -0.25) is 0 Å². The van der Waals surface area contributed by atoms with Gasteiger partial charge in [-0.2, -0.15) is 5.21 Å². The molecule has 1 saturated heterocycles. The summed E-state index contributed by atoms with van der Waals surface area (Å²) in [6.45, 7) is 2.25. The van der Waals surface area contributed by atoms with Crippen LogP contribution in [-0.2, 0) is 0 Å². The van der Waals surface area contributed by atoms with Crippen LogP contribution >= 0.6 is 11.3 Å².